The molecule has 2 heterocycles. The van der Waals surface area contributed by atoms with Crippen LogP contribution in [-0.4, -0.2) is 55.4 Å². The minimum absolute atomic E-state index is 0.0427. The predicted octanol–water partition coefficient (Wildman–Crippen LogP) is 1.09. The number of nitrogens with zero attached hydrogens (tertiary/aromatic N) is 1. The fourth-order valence-electron chi connectivity index (χ4n) is 4.15. The first-order chi connectivity index (χ1) is 10.0. The van der Waals surface area contributed by atoms with Gasteiger partial charge in [0.1, 0.15) is 15.4 Å². The molecule has 3 rings (SSSR count). The Morgan fingerprint density at radius 3 is 2.14 bits per heavy atom. The number of amides is 1. The number of nitrogens with one attached hydrogen (secondary N) is 1. The summed E-state index contributed by atoms with van der Waals surface area (Å²) in [6.07, 6.45) is 7.71. The van der Waals surface area contributed by atoms with Gasteiger partial charge in [-0.3, -0.25) is 9.69 Å². The molecule has 0 radical (unpaired) electrons. The summed E-state index contributed by atoms with van der Waals surface area (Å²) >= 11 is 0. The maximum Gasteiger partial charge on any atom is 0.240 e. The van der Waals surface area contributed by atoms with Gasteiger partial charge in [0.15, 0.2) is 0 Å². The molecule has 0 aromatic rings. The van der Waals surface area contributed by atoms with Crippen molar-refractivity contribution >= 4 is 15.7 Å². The Morgan fingerprint density at radius 1 is 1.00 bits per heavy atom. The van der Waals surface area contributed by atoms with Gasteiger partial charge >= 0.3 is 0 Å². The Morgan fingerprint density at radius 2 is 1.57 bits per heavy atom. The van der Waals surface area contributed by atoms with Gasteiger partial charge < -0.3 is 5.32 Å². The van der Waals surface area contributed by atoms with Crippen molar-refractivity contribution in [1.29, 1.82) is 0 Å². The van der Waals surface area contributed by atoms with Crippen molar-refractivity contribution < 1.29 is 13.2 Å². The summed E-state index contributed by atoms with van der Waals surface area (Å²) in [6.45, 7) is 2.07. The highest BCUT2D eigenvalue weighted by Gasteiger charge is 2.47. The van der Waals surface area contributed by atoms with Gasteiger partial charge in [0.25, 0.3) is 0 Å². The third-order valence-corrected chi connectivity index (χ3v) is 7.17. The minimum Gasteiger partial charge on any atom is -0.352 e. The third-order valence-electron chi connectivity index (χ3n) is 5.45. The first-order valence-corrected chi connectivity index (χ1v) is 10.1. The van der Waals surface area contributed by atoms with E-state index in [1.54, 1.807) is 0 Å². The second kappa shape index (κ2) is 5.88. The smallest absolute Gasteiger partial charge is 0.240 e. The molecule has 120 valence electrons. The van der Waals surface area contributed by atoms with E-state index in [-0.39, 0.29) is 29.0 Å². The SMILES string of the molecule is O=C(NC1CCS(=O)(=O)CC1)C1(N2CCCC2)CCCC1. The zero-order valence-electron chi connectivity index (χ0n) is 12.6. The van der Waals surface area contributed by atoms with Crippen molar-refractivity contribution in [1.82, 2.24) is 10.2 Å². The molecule has 3 aliphatic rings. The Bertz CT molecular complexity index is 477. The van der Waals surface area contributed by atoms with Crippen LogP contribution in [0.15, 0.2) is 0 Å². The van der Waals surface area contributed by atoms with Gasteiger partial charge in [0, 0.05) is 6.04 Å². The lowest BCUT2D eigenvalue weighted by molar-refractivity contribution is -0.133. The number of rotatable bonds is 3. The Labute approximate surface area is 127 Å². The van der Waals surface area contributed by atoms with Gasteiger partial charge in [-0.05, 0) is 51.6 Å². The van der Waals surface area contributed by atoms with Crippen LogP contribution < -0.4 is 5.32 Å². The molecule has 0 aromatic carbocycles. The van der Waals surface area contributed by atoms with Gasteiger partial charge in [-0.15, -0.1) is 0 Å². The average molecular weight is 314 g/mol. The number of hydrogen-bond donors (Lipinski definition) is 1. The molecule has 1 saturated carbocycles. The van der Waals surface area contributed by atoms with Crippen LogP contribution in [0.25, 0.3) is 0 Å². The molecule has 0 unspecified atom stereocenters. The van der Waals surface area contributed by atoms with Gasteiger partial charge in [0.05, 0.1) is 11.5 Å². The molecular weight excluding hydrogens is 288 g/mol. The standard InChI is InChI=1S/C15H26N2O3S/c18-14(16-13-5-11-21(19,20)12-6-13)15(7-1-2-8-15)17-9-3-4-10-17/h13H,1-12H2,(H,16,18). The Balaban J connectivity index is 1.65. The number of sulfone groups is 1. The van der Waals surface area contributed by atoms with Crippen LogP contribution in [0.3, 0.4) is 0 Å². The molecule has 1 amide bonds. The van der Waals surface area contributed by atoms with Crippen LogP contribution in [-0.2, 0) is 14.6 Å². The fourth-order valence-corrected chi connectivity index (χ4v) is 5.64. The Kier molecular flexibility index (Phi) is 4.28. The lowest BCUT2D eigenvalue weighted by Crippen LogP contribution is -2.58. The number of carbonyl (C=O) groups excluding carboxylic acids is 1. The van der Waals surface area contributed by atoms with Crippen LogP contribution in [0.2, 0.25) is 0 Å². The highest BCUT2D eigenvalue weighted by Crippen LogP contribution is 2.38. The van der Waals surface area contributed by atoms with Crippen molar-refractivity contribution in [2.24, 2.45) is 0 Å². The molecule has 0 atom stereocenters. The maximum atomic E-state index is 12.9. The second-order valence-electron chi connectivity index (χ2n) is 6.83. The number of likely N-dealkylation sites (tertiary alicyclic amines) is 1. The highest BCUT2D eigenvalue weighted by atomic mass is 32.2. The van der Waals surface area contributed by atoms with Crippen LogP contribution in [0.4, 0.5) is 0 Å². The molecule has 1 N–H and O–H groups in total. The first-order valence-electron chi connectivity index (χ1n) is 8.28. The molecule has 0 bridgehead atoms. The summed E-state index contributed by atoms with van der Waals surface area (Å²) in [4.78, 5) is 15.3. The zero-order valence-corrected chi connectivity index (χ0v) is 13.5. The topological polar surface area (TPSA) is 66.5 Å². The summed E-state index contributed by atoms with van der Waals surface area (Å²) in [5, 5.41) is 3.17. The average Bonchev–Trinajstić information content (AvgIpc) is 3.11. The van der Waals surface area contributed by atoms with E-state index in [4.69, 9.17) is 0 Å². The van der Waals surface area contributed by atoms with Crippen molar-refractivity contribution in [2.75, 3.05) is 24.6 Å². The summed E-state index contributed by atoms with van der Waals surface area (Å²) in [7, 11) is -2.86. The number of hydrogen-bond acceptors (Lipinski definition) is 4. The monoisotopic (exact) mass is 314 g/mol. The summed E-state index contributed by atoms with van der Waals surface area (Å²) in [5.74, 6) is 0.592. The number of carbonyl (C=O) groups is 1. The van der Waals surface area contributed by atoms with E-state index >= 15 is 0 Å². The molecule has 0 spiro atoms. The molecule has 6 heteroatoms. The summed E-state index contributed by atoms with van der Waals surface area (Å²) in [6, 6.07) is 0.0427. The van der Waals surface area contributed by atoms with Crippen molar-refractivity contribution in [2.45, 2.75) is 62.9 Å². The summed E-state index contributed by atoms with van der Waals surface area (Å²) in [5.41, 5.74) is -0.299. The van der Waals surface area contributed by atoms with Crippen molar-refractivity contribution in [3.05, 3.63) is 0 Å². The quantitative estimate of drug-likeness (QED) is 0.847. The maximum absolute atomic E-state index is 12.9. The molecular formula is C15H26N2O3S. The fraction of sp³-hybridized carbons (Fsp3) is 0.933. The zero-order chi connectivity index (χ0) is 14.9. The normalized spacial score (nSPS) is 29.5. The van der Waals surface area contributed by atoms with Crippen LogP contribution in [0.1, 0.15) is 51.4 Å². The molecule has 2 aliphatic heterocycles. The molecule has 5 nitrogen and oxygen atoms in total. The molecule has 21 heavy (non-hydrogen) atoms. The molecule has 2 saturated heterocycles. The van der Waals surface area contributed by atoms with E-state index in [2.05, 4.69) is 10.2 Å². The van der Waals surface area contributed by atoms with E-state index in [0.29, 0.717) is 12.8 Å². The molecule has 3 fully saturated rings. The lowest BCUT2D eigenvalue weighted by Gasteiger charge is -2.38. The third kappa shape index (κ3) is 3.11. The van der Waals surface area contributed by atoms with Crippen LogP contribution in [0.5, 0.6) is 0 Å². The van der Waals surface area contributed by atoms with Gasteiger partial charge in [-0.2, -0.15) is 0 Å². The van der Waals surface area contributed by atoms with Crippen LogP contribution in [0, 0.1) is 0 Å². The van der Waals surface area contributed by atoms with Crippen molar-refractivity contribution in [3.8, 4) is 0 Å². The summed E-state index contributed by atoms with van der Waals surface area (Å²) < 4.78 is 23.0. The van der Waals surface area contributed by atoms with Gasteiger partial charge in [0.2, 0.25) is 5.91 Å². The van der Waals surface area contributed by atoms with Crippen molar-refractivity contribution in [3.63, 3.8) is 0 Å². The van der Waals surface area contributed by atoms with Gasteiger partial charge in [-0.1, -0.05) is 12.8 Å². The van der Waals surface area contributed by atoms with Crippen LogP contribution >= 0.6 is 0 Å². The highest BCUT2D eigenvalue weighted by molar-refractivity contribution is 7.91. The predicted molar refractivity (Wildman–Crippen MR) is 81.8 cm³/mol. The van der Waals surface area contributed by atoms with Gasteiger partial charge in [-0.25, -0.2) is 8.42 Å². The first kappa shape index (κ1) is 15.3. The second-order valence-corrected chi connectivity index (χ2v) is 9.14. The molecule has 0 aromatic heterocycles. The minimum atomic E-state index is -2.86. The lowest BCUT2D eigenvalue weighted by atomic mass is 9.93. The van der Waals surface area contributed by atoms with E-state index in [1.807, 2.05) is 0 Å². The largest absolute Gasteiger partial charge is 0.352 e. The van der Waals surface area contributed by atoms with E-state index < -0.39 is 9.84 Å². The molecule has 1 aliphatic carbocycles. The van der Waals surface area contributed by atoms with E-state index in [9.17, 15) is 13.2 Å². The Hall–Kier alpha value is -0.620. The van der Waals surface area contributed by atoms with E-state index in [0.717, 1.165) is 38.8 Å². The van der Waals surface area contributed by atoms with E-state index in [1.165, 1.54) is 12.8 Å².